The first-order valence-electron chi connectivity index (χ1n) is 2.68. The standard InChI is InChI=1S/C7H7BrO/c8-4-1-2-7-3-5-9-6-7/h1-3,5-6H,4H2. The summed E-state index contributed by atoms with van der Waals surface area (Å²) in [6.45, 7) is 0. The Bertz CT molecular complexity index is 177. The third-order valence-corrected chi connectivity index (χ3v) is 1.32. The van der Waals surface area contributed by atoms with E-state index in [1.807, 2.05) is 18.2 Å². The van der Waals surface area contributed by atoms with E-state index in [4.69, 9.17) is 4.42 Å². The quantitative estimate of drug-likeness (QED) is 0.648. The van der Waals surface area contributed by atoms with Gasteiger partial charge in [-0.1, -0.05) is 28.1 Å². The maximum atomic E-state index is 4.84. The van der Waals surface area contributed by atoms with Gasteiger partial charge in [-0.05, 0) is 6.07 Å². The molecule has 0 radical (unpaired) electrons. The zero-order chi connectivity index (χ0) is 6.53. The van der Waals surface area contributed by atoms with Crippen LogP contribution in [0.25, 0.3) is 6.08 Å². The van der Waals surface area contributed by atoms with Crippen LogP contribution in [0, 0.1) is 0 Å². The highest BCUT2D eigenvalue weighted by atomic mass is 79.9. The second-order valence-electron chi connectivity index (χ2n) is 1.61. The SMILES string of the molecule is BrCC=Cc1ccoc1. The zero-order valence-electron chi connectivity index (χ0n) is 4.88. The van der Waals surface area contributed by atoms with Crippen LogP contribution in [0.5, 0.6) is 0 Å². The normalized spacial score (nSPS) is 10.8. The summed E-state index contributed by atoms with van der Waals surface area (Å²) >= 11 is 3.28. The van der Waals surface area contributed by atoms with E-state index in [1.165, 1.54) is 0 Å². The van der Waals surface area contributed by atoms with E-state index in [2.05, 4.69) is 15.9 Å². The number of allylic oxidation sites excluding steroid dienone is 1. The van der Waals surface area contributed by atoms with Crippen molar-refractivity contribution < 1.29 is 4.42 Å². The third-order valence-electron chi connectivity index (χ3n) is 0.943. The van der Waals surface area contributed by atoms with Gasteiger partial charge in [0.1, 0.15) is 0 Å². The van der Waals surface area contributed by atoms with Crippen molar-refractivity contribution in [3.05, 3.63) is 30.2 Å². The van der Waals surface area contributed by atoms with Crippen molar-refractivity contribution in [1.29, 1.82) is 0 Å². The number of rotatable bonds is 2. The Morgan fingerprint density at radius 1 is 1.67 bits per heavy atom. The van der Waals surface area contributed by atoms with E-state index >= 15 is 0 Å². The summed E-state index contributed by atoms with van der Waals surface area (Å²) in [4.78, 5) is 0. The van der Waals surface area contributed by atoms with Gasteiger partial charge in [-0.2, -0.15) is 0 Å². The van der Waals surface area contributed by atoms with Crippen LogP contribution in [0.2, 0.25) is 0 Å². The molecule has 2 heteroatoms. The van der Waals surface area contributed by atoms with Crippen LogP contribution in [-0.4, -0.2) is 5.33 Å². The number of furan rings is 1. The highest BCUT2D eigenvalue weighted by molar-refractivity contribution is 9.09. The van der Waals surface area contributed by atoms with Crippen molar-refractivity contribution in [1.82, 2.24) is 0 Å². The average molecular weight is 187 g/mol. The number of alkyl halides is 1. The molecule has 1 aromatic heterocycles. The van der Waals surface area contributed by atoms with Crippen molar-refractivity contribution in [3.63, 3.8) is 0 Å². The van der Waals surface area contributed by atoms with Gasteiger partial charge >= 0.3 is 0 Å². The largest absolute Gasteiger partial charge is 0.472 e. The molecular weight excluding hydrogens is 180 g/mol. The summed E-state index contributed by atoms with van der Waals surface area (Å²) in [6.07, 6.45) is 7.39. The van der Waals surface area contributed by atoms with Crippen LogP contribution in [0.4, 0.5) is 0 Å². The van der Waals surface area contributed by atoms with Crippen molar-refractivity contribution >= 4 is 22.0 Å². The Hall–Kier alpha value is -0.500. The minimum Gasteiger partial charge on any atom is -0.472 e. The summed E-state index contributed by atoms with van der Waals surface area (Å²) in [6, 6.07) is 1.92. The topological polar surface area (TPSA) is 13.1 Å². The average Bonchev–Trinajstić information content (AvgIpc) is 2.34. The van der Waals surface area contributed by atoms with Crippen molar-refractivity contribution in [3.8, 4) is 0 Å². The van der Waals surface area contributed by atoms with Crippen molar-refractivity contribution in [2.24, 2.45) is 0 Å². The van der Waals surface area contributed by atoms with E-state index in [0.29, 0.717) is 0 Å². The number of halogens is 1. The molecule has 0 bridgehead atoms. The van der Waals surface area contributed by atoms with Gasteiger partial charge in [0.05, 0.1) is 12.5 Å². The molecule has 0 aliphatic rings. The van der Waals surface area contributed by atoms with Gasteiger partial charge in [-0.25, -0.2) is 0 Å². The second kappa shape index (κ2) is 3.51. The van der Waals surface area contributed by atoms with Crippen LogP contribution in [0.3, 0.4) is 0 Å². The summed E-state index contributed by atoms with van der Waals surface area (Å²) in [7, 11) is 0. The lowest BCUT2D eigenvalue weighted by Gasteiger charge is -1.76. The summed E-state index contributed by atoms with van der Waals surface area (Å²) < 4.78 is 4.84. The molecule has 0 amide bonds. The maximum absolute atomic E-state index is 4.84. The molecule has 48 valence electrons. The smallest absolute Gasteiger partial charge is 0.0974 e. The molecular formula is C7H7BrO. The Morgan fingerprint density at radius 3 is 3.11 bits per heavy atom. The fourth-order valence-electron chi connectivity index (χ4n) is 0.550. The van der Waals surface area contributed by atoms with Crippen molar-refractivity contribution in [2.75, 3.05) is 5.33 Å². The minimum absolute atomic E-state index is 0.887. The lowest BCUT2D eigenvalue weighted by atomic mass is 10.3. The van der Waals surface area contributed by atoms with Crippen LogP contribution < -0.4 is 0 Å². The Kier molecular flexibility index (Phi) is 2.58. The first-order valence-corrected chi connectivity index (χ1v) is 3.80. The minimum atomic E-state index is 0.887. The highest BCUT2D eigenvalue weighted by Crippen LogP contribution is 2.01. The monoisotopic (exact) mass is 186 g/mol. The summed E-state index contributed by atoms with van der Waals surface area (Å²) in [5.74, 6) is 0. The molecule has 0 fully saturated rings. The molecule has 0 aliphatic heterocycles. The summed E-state index contributed by atoms with van der Waals surface area (Å²) in [5.41, 5.74) is 1.11. The van der Waals surface area contributed by atoms with Crippen LogP contribution >= 0.6 is 15.9 Å². The van der Waals surface area contributed by atoms with Gasteiger partial charge < -0.3 is 4.42 Å². The fraction of sp³-hybridized carbons (Fsp3) is 0.143. The second-order valence-corrected chi connectivity index (χ2v) is 2.26. The molecule has 0 aromatic carbocycles. The van der Waals surface area contributed by atoms with Gasteiger partial charge in [0.15, 0.2) is 0 Å². The third kappa shape index (κ3) is 2.06. The van der Waals surface area contributed by atoms with E-state index in [9.17, 15) is 0 Å². The number of hydrogen-bond acceptors (Lipinski definition) is 1. The van der Waals surface area contributed by atoms with Crippen LogP contribution in [0.15, 0.2) is 29.1 Å². The molecule has 0 saturated carbocycles. The van der Waals surface area contributed by atoms with E-state index in [1.54, 1.807) is 12.5 Å². The van der Waals surface area contributed by atoms with Gasteiger partial charge in [0, 0.05) is 10.9 Å². The molecule has 1 aromatic rings. The molecule has 1 nitrogen and oxygen atoms in total. The Labute approximate surface area is 62.5 Å². The molecule has 1 rings (SSSR count). The molecule has 0 spiro atoms. The lowest BCUT2D eigenvalue weighted by molar-refractivity contribution is 0.567. The lowest BCUT2D eigenvalue weighted by Crippen LogP contribution is -1.60. The zero-order valence-corrected chi connectivity index (χ0v) is 6.47. The van der Waals surface area contributed by atoms with E-state index in [-0.39, 0.29) is 0 Å². The first-order chi connectivity index (χ1) is 4.43. The maximum Gasteiger partial charge on any atom is 0.0974 e. The molecule has 1 heterocycles. The Morgan fingerprint density at radius 2 is 2.56 bits per heavy atom. The molecule has 0 aliphatic carbocycles. The fourth-order valence-corrected chi connectivity index (χ4v) is 0.737. The predicted molar refractivity (Wildman–Crippen MR) is 41.5 cm³/mol. The summed E-state index contributed by atoms with van der Waals surface area (Å²) in [5, 5.41) is 0.887. The van der Waals surface area contributed by atoms with Crippen LogP contribution in [-0.2, 0) is 0 Å². The Balaban J connectivity index is 2.57. The molecule has 9 heavy (non-hydrogen) atoms. The van der Waals surface area contributed by atoms with Gasteiger partial charge in [0.25, 0.3) is 0 Å². The van der Waals surface area contributed by atoms with E-state index in [0.717, 1.165) is 10.9 Å². The molecule has 0 N–H and O–H groups in total. The highest BCUT2D eigenvalue weighted by Gasteiger charge is 1.82. The molecule has 0 saturated heterocycles. The van der Waals surface area contributed by atoms with Gasteiger partial charge in [-0.15, -0.1) is 0 Å². The number of hydrogen-bond donors (Lipinski definition) is 0. The predicted octanol–water partition coefficient (Wildman–Crippen LogP) is 2.69. The van der Waals surface area contributed by atoms with Gasteiger partial charge in [-0.3, -0.25) is 0 Å². The van der Waals surface area contributed by atoms with Gasteiger partial charge in [0.2, 0.25) is 0 Å². The van der Waals surface area contributed by atoms with Crippen molar-refractivity contribution in [2.45, 2.75) is 0 Å². The van der Waals surface area contributed by atoms with Crippen LogP contribution in [0.1, 0.15) is 5.56 Å². The molecule has 0 atom stereocenters. The first kappa shape index (κ1) is 6.62. The molecule has 0 unspecified atom stereocenters. The van der Waals surface area contributed by atoms with E-state index < -0.39 is 0 Å².